The van der Waals surface area contributed by atoms with Crippen molar-refractivity contribution in [2.75, 3.05) is 13.7 Å². The van der Waals surface area contributed by atoms with Crippen molar-refractivity contribution >= 4 is 11.9 Å². The van der Waals surface area contributed by atoms with Gasteiger partial charge in [0.15, 0.2) is 0 Å². The molecule has 0 bridgehead atoms. The molecule has 5 nitrogen and oxygen atoms in total. The fraction of sp³-hybridized carbons (Fsp3) is 0.800. The van der Waals surface area contributed by atoms with Crippen molar-refractivity contribution in [3.63, 3.8) is 0 Å². The van der Waals surface area contributed by atoms with Crippen LogP contribution in [-0.2, 0) is 14.3 Å². The van der Waals surface area contributed by atoms with E-state index in [1.807, 2.05) is 0 Å². The largest absolute Gasteiger partial charge is 0.481 e. The van der Waals surface area contributed by atoms with Crippen molar-refractivity contribution < 1.29 is 19.4 Å². The molecule has 0 aromatic heterocycles. The summed E-state index contributed by atoms with van der Waals surface area (Å²) in [5.41, 5.74) is 0. The van der Waals surface area contributed by atoms with Gasteiger partial charge < -0.3 is 15.2 Å². The molecule has 15 heavy (non-hydrogen) atoms. The number of carbonyl (C=O) groups is 2. The lowest BCUT2D eigenvalue weighted by Crippen LogP contribution is -2.40. The van der Waals surface area contributed by atoms with Gasteiger partial charge in [0.05, 0.1) is 19.4 Å². The van der Waals surface area contributed by atoms with Crippen LogP contribution in [0.15, 0.2) is 0 Å². The van der Waals surface area contributed by atoms with E-state index in [1.165, 1.54) is 7.11 Å². The third-order valence-corrected chi connectivity index (χ3v) is 2.77. The van der Waals surface area contributed by atoms with Crippen LogP contribution in [-0.4, -0.2) is 36.7 Å². The third kappa shape index (κ3) is 3.51. The molecular formula is C10H17NO4. The van der Waals surface area contributed by atoms with Crippen molar-refractivity contribution in [1.82, 2.24) is 5.32 Å². The zero-order valence-electron chi connectivity index (χ0n) is 8.86. The Morgan fingerprint density at radius 1 is 1.47 bits per heavy atom. The van der Waals surface area contributed by atoms with Crippen LogP contribution in [0.2, 0.25) is 0 Å². The highest BCUT2D eigenvalue weighted by Gasteiger charge is 2.30. The van der Waals surface area contributed by atoms with Gasteiger partial charge in [-0.1, -0.05) is 6.42 Å². The lowest BCUT2D eigenvalue weighted by Gasteiger charge is -2.21. The molecule has 0 radical (unpaired) electrons. The Labute approximate surface area is 88.8 Å². The van der Waals surface area contributed by atoms with Gasteiger partial charge in [-0.3, -0.25) is 9.59 Å². The lowest BCUT2D eigenvalue weighted by molar-refractivity contribution is -0.145. The number of hydrogen-bond acceptors (Lipinski definition) is 4. The summed E-state index contributed by atoms with van der Waals surface area (Å²) in [6, 6.07) is -0.294. The number of aliphatic carboxylic acids is 1. The average Bonchev–Trinajstić information content (AvgIpc) is 2.43. The van der Waals surface area contributed by atoms with Crippen LogP contribution < -0.4 is 5.32 Å². The molecule has 0 spiro atoms. The maximum absolute atomic E-state index is 11.1. The second kappa shape index (κ2) is 5.70. The first-order valence-electron chi connectivity index (χ1n) is 5.18. The number of esters is 1. The molecule has 2 unspecified atom stereocenters. The van der Waals surface area contributed by atoms with Crippen molar-refractivity contribution in [3.05, 3.63) is 0 Å². The first kappa shape index (κ1) is 12.0. The fourth-order valence-corrected chi connectivity index (χ4v) is 1.89. The maximum atomic E-state index is 11.1. The lowest BCUT2D eigenvalue weighted by atomic mass is 9.93. The van der Waals surface area contributed by atoms with Gasteiger partial charge in [0.2, 0.25) is 0 Å². The average molecular weight is 215 g/mol. The molecule has 86 valence electrons. The number of carboxylic acid groups (broad SMARTS) is 1. The maximum Gasteiger partial charge on any atom is 0.308 e. The molecule has 0 aromatic rings. The van der Waals surface area contributed by atoms with E-state index in [-0.39, 0.29) is 18.4 Å². The topological polar surface area (TPSA) is 75.6 Å². The minimum atomic E-state index is -0.835. The molecule has 1 heterocycles. The molecule has 2 N–H and O–H groups in total. The van der Waals surface area contributed by atoms with E-state index < -0.39 is 11.9 Å². The van der Waals surface area contributed by atoms with Crippen molar-refractivity contribution in [1.29, 1.82) is 0 Å². The molecular weight excluding hydrogens is 198 g/mol. The molecule has 1 saturated heterocycles. The summed E-state index contributed by atoms with van der Waals surface area (Å²) in [6.07, 6.45) is 2.61. The monoisotopic (exact) mass is 215 g/mol. The SMILES string of the molecule is COC(=O)CC1NCCCCC1C(=O)O. The van der Waals surface area contributed by atoms with Crippen LogP contribution >= 0.6 is 0 Å². The summed E-state index contributed by atoms with van der Waals surface area (Å²) in [4.78, 5) is 22.1. The number of methoxy groups -OCH3 is 1. The minimum Gasteiger partial charge on any atom is -0.481 e. The Bertz CT molecular complexity index is 242. The van der Waals surface area contributed by atoms with Gasteiger partial charge in [0.25, 0.3) is 0 Å². The predicted molar refractivity (Wildman–Crippen MR) is 53.4 cm³/mol. The van der Waals surface area contributed by atoms with Gasteiger partial charge in [0.1, 0.15) is 0 Å². The number of carboxylic acids is 1. The Balaban J connectivity index is 2.61. The Morgan fingerprint density at radius 2 is 2.20 bits per heavy atom. The van der Waals surface area contributed by atoms with E-state index in [4.69, 9.17) is 5.11 Å². The zero-order chi connectivity index (χ0) is 11.3. The first-order valence-corrected chi connectivity index (χ1v) is 5.18. The molecule has 1 aliphatic heterocycles. The first-order chi connectivity index (χ1) is 7.15. The Hall–Kier alpha value is -1.10. The van der Waals surface area contributed by atoms with Gasteiger partial charge in [-0.15, -0.1) is 0 Å². The van der Waals surface area contributed by atoms with E-state index in [1.54, 1.807) is 0 Å². The summed E-state index contributed by atoms with van der Waals surface area (Å²) in [5, 5.41) is 12.1. The molecule has 1 rings (SSSR count). The molecule has 0 aromatic carbocycles. The molecule has 2 atom stereocenters. The summed E-state index contributed by atoms with van der Waals surface area (Å²) in [5.74, 6) is -1.68. The van der Waals surface area contributed by atoms with Gasteiger partial charge in [-0.2, -0.15) is 0 Å². The highest BCUT2D eigenvalue weighted by molar-refractivity contribution is 5.74. The van der Waals surface area contributed by atoms with Crippen molar-refractivity contribution in [3.8, 4) is 0 Å². The second-order valence-corrected chi connectivity index (χ2v) is 3.78. The molecule has 1 aliphatic rings. The summed E-state index contributed by atoms with van der Waals surface area (Å²) in [6.45, 7) is 0.769. The van der Waals surface area contributed by atoms with E-state index in [0.29, 0.717) is 6.42 Å². The highest BCUT2D eigenvalue weighted by atomic mass is 16.5. The molecule has 1 fully saturated rings. The Kier molecular flexibility index (Phi) is 4.55. The van der Waals surface area contributed by atoms with Crippen LogP contribution in [0, 0.1) is 5.92 Å². The van der Waals surface area contributed by atoms with Crippen LogP contribution in [0.25, 0.3) is 0 Å². The number of rotatable bonds is 3. The quantitative estimate of drug-likeness (QED) is 0.666. The Morgan fingerprint density at radius 3 is 2.80 bits per heavy atom. The summed E-state index contributed by atoms with van der Waals surface area (Å²) < 4.78 is 4.55. The molecule has 0 aliphatic carbocycles. The van der Waals surface area contributed by atoms with Crippen LogP contribution in [0.1, 0.15) is 25.7 Å². The van der Waals surface area contributed by atoms with E-state index in [9.17, 15) is 9.59 Å². The normalized spacial score (nSPS) is 26.7. The smallest absolute Gasteiger partial charge is 0.308 e. The molecule has 0 amide bonds. The van der Waals surface area contributed by atoms with E-state index in [0.717, 1.165) is 19.4 Å². The fourth-order valence-electron chi connectivity index (χ4n) is 1.89. The van der Waals surface area contributed by atoms with Gasteiger partial charge >= 0.3 is 11.9 Å². The number of ether oxygens (including phenoxy) is 1. The minimum absolute atomic E-state index is 0.132. The summed E-state index contributed by atoms with van der Waals surface area (Å²) >= 11 is 0. The van der Waals surface area contributed by atoms with Crippen LogP contribution in [0.5, 0.6) is 0 Å². The zero-order valence-corrected chi connectivity index (χ0v) is 8.86. The van der Waals surface area contributed by atoms with Gasteiger partial charge in [-0.25, -0.2) is 0 Å². The van der Waals surface area contributed by atoms with Gasteiger partial charge in [0, 0.05) is 6.04 Å². The third-order valence-electron chi connectivity index (χ3n) is 2.77. The number of nitrogens with one attached hydrogen (secondary N) is 1. The number of hydrogen-bond donors (Lipinski definition) is 2. The van der Waals surface area contributed by atoms with Crippen LogP contribution in [0.4, 0.5) is 0 Å². The van der Waals surface area contributed by atoms with E-state index >= 15 is 0 Å². The standard InChI is InChI=1S/C10H17NO4/c1-15-9(12)6-8-7(10(13)14)4-2-3-5-11-8/h7-8,11H,2-6H2,1H3,(H,13,14). The van der Waals surface area contributed by atoms with Crippen molar-refractivity contribution in [2.45, 2.75) is 31.7 Å². The van der Waals surface area contributed by atoms with Crippen LogP contribution in [0.3, 0.4) is 0 Å². The second-order valence-electron chi connectivity index (χ2n) is 3.78. The predicted octanol–water partition coefficient (Wildman–Crippen LogP) is 0.392. The molecule has 0 saturated carbocycles. The number of carbonyl (C=O) groups excluding carboxylic acids is 1. The summed E-state index contributed by atoms with van der Waals surface area (Å²) in [7, 11) is 1.31. The highest BCUT2D eigenvalue weighted by Crippen LogP contribution is 2.19. The van der Waals surface area contributed by atoms with E-state index in [2.05, 4.69) is 10.1 Å². The van der Waals surface area contributed by atoms with Gasteiger partial charge in [-0.05, 0) is 19.4 Å². The van der Waals surface area contributed by atoms with Crippen molar-refractivity contribution in [2.24, 2.45) is 5.92 Å². The molecule has 5 heteroatoms.